The third-order valence-corrected chi connectivity index (χ3v) is 3.59. The van der Waals surface area contributed by atoms with Crippen molar-refractivity contribution in [1.29, 1.82) is 0 Å². The number of alkyl halides is 3. The Kier molecular flexibility index (Phi) is 3.24. The Labute approximate surface area is 88.4 Å². The van der Waals surface area contributed by atoms with Crippen LogP contribution in [0.3, 0.4) is 0 Å². The van der Waals surface area contributed by atoms with Crippen LogP contribution >= 0.6 is 0 Å². The molecule has 1 N–H and O–H groups in total. The molecule has 0 heterocycles. The van der Waals surface area contributed by atoms with Crippen molar-refractivity contribution in [2.75, 3.05) is 6.54 Å². The molecule has 0 aliphatic heterocycles. The van der Waals surface area contributed by atoms with Gasteiger partial charge in [0.1, 0.15) is 0 Å². The maximum Gasteiger partial charge on any atom is 0.401 e. The van der Waals surface area contributed by atoms with Gasteiger partial charge in [0.15, 0.2) is 0 Å². The Hall–Kier alpha value is -0.250. The Bertz CT molecular complexity index is 210. The number of nitrogens with one attached hydrogen (secondary N) is 1. The maximum atomic E-state index is 12.0. The highest BCUT2D eigenvalue weighted by atomic mass is 19.4. The summed E-state index contributed by atoms with van der Waals surface area (Å²) in [5, 5.41) is 2.65. The summed E-state index contributed by atoms with van der Waals surface area (Å²) >= 11 is 0. The van der Waals surface area contributed by atoms with Gasteiger partial charge < -0.3 is 5.32 Å². The molecule has 2 aliphatic carbocycles. The SMILES string of the molecule is FC(F)(F)CNC1CCCC(C2CC2)C1. The average molecular weight is 221 g/mol. The van der Waals surface area contributed by atoms with E-state index in [0.29, 0.717) is 5.92 Å². The number of hydrogen-bond donors (Lipinski definition) is 1. The van der Waals surface area contributed by atoms with Crippen molar-refractivity contribution in [3.05, 3.63) is 0 Å². The summed E-state index contributed by atoms with van der Waals surface area (Å²) in [4.78, 5) is 0. The van der Waals surface area contributed by atoms with Gasteiger partial charge in [0.2, 0.25) is 0 Å². The van der Waals surface area contributed by atoms with E-state index in [9.17, 15) is 13.2 Å². The van der Waals surface area contributed by atoms with Crippen LogP contribution in [0.2, 0.25) is 0 Å². The molecule has 0 bridgehead atoms. The molecule has 0 aromatic rings. The first-order chi connectivity index (χ1) is 7.04. The normalized spacial score (nSPS) is 33.0. The third kappa shape index (κ3) is 3.67. The van der Waals surface area contributed by atoms with Crippen LogP contribution in [0, 0.1) is 11.8 Å². The minimum Gasteiger partial charge on any atom is -0.306 e. The molecule has 4 heteroatoms. The second kappa shape index (κ2) is 4.32. The van der Waals surface area contributed by atoms with Gasteiger partial charge >= 0.3 is 6.18 Å². The van der Waals surface area contributed by atoms with Crippen molar-refractivity contribution in [2.45, 2.75) is 50.7 Å². The molecule has 0 aromatic carbocycles. The predicted octanol–water partition coefficient (Wildman–Crippen LogP) is 3.11. The van der Waals surface area contributed by atoms with Crippen LogP contribution in [0.4, 0.5) is 13.2 Å². The van der Waals surface area contributed by atoms with E-state index < -0.39 is 12.7 Å². The molecule has 0 radical (unpaired) electrons. The van der Waals surface area contributed by atoms with Crippen LogP contribution in [0.25, 0.3) is 0 Å². The molecule has 15 heavy (non-hydrogen) atoms. The van der Waals surface area contributed by atoms with Crippen molar-refractivity contribution in [3.8, 4) is 0 Å². The maximum absolute atomic E-state index is 12.0. The highest BCUT2D eigenvalue weighted by Crippen LogP contribution is 2.43. The number of rotatable bonds is 3. The summed E-state index contributed by atoms with van der Waals surface area (Å²) < 4.78 is 36.0. The van der Waals surface area contributed by atoms with Crippen LogP contribution in [0.15, 0.2) is 0 Å². The lowest BCUT2D eigenvalue weighted by Crippen LogP contribution is -2.40. The molecule has 2 aliphatic rings. The molecule has 0 spiro atoms. The lowest BCUT2D eigenvalue weighted by molar-refractivity contribution is -0.126. The zero-order chi connectivity index (χ0) is 10.9. The van der Waals surface area contributed by atoms with E-state index in [-0.39, 0.29) is 6.04 Å². The third-order valence-electron chi connectivity index (χ3n) is 3.59. The van der Waals surface area contributed by atoms with Crippen molar-refractivity contribution < 1.29 is 13.2 Å². The fourth-order valence-electron chi connectivity index (χ4n) is 2.67. The molecular formula is C11H18F3N. The highest BCUT2D eigenvalue weighted by molar-refractivity contribution is 4.88. The van der Waals surface area contributed by atoms with E-state index in [2.05, 4.69) is 5.32 Å². The molecule has 0 amide bonds. The summed E-state index contributed by atoms with van der Waals surface area (Å²) in [6, 6.07) is 0.103. The fourth-order valence-corrected chi connectivity index (χ4v) is 2.67. The molecule has 88 valence electrons. The molecular weight excluding hydrogens is 203 g/mol. The van der Waals surface area contributed by atoms with Crippen LogP contribution < -0.4 is 5.32 Å². The van der Waals surface area contributed by atoms with Gasteiger partial charge in [0.25, 0.3) is 0 Å². The van der Waals surface area contributed by atoms with E-state index in [1.165, 1.54) is 19.3 Å². The standard InChI is InChI=1S/C11H18F3N/c12-11(13,14)7-15-10-3-1-2-9(6-10)8-4-5-8/h8-10,15H,1-7H2. The highest BCUT2D eigenvalue weighted by Gasteiger charge is 2.35. The Morgan fingerprint density at radius 2 is 1.73 bits per heavy atom. The molecule has 0 aromatic heterocycles. The van der Waals surface area contributed by atoms with Crippen LogP contribution in [-0.4, -0.2) is 18.8 Å². The van der Waals surface area contributed by atoms with Crippen LogP contribution in [0.5, 0.6) is 0 Å². The Morgan fingerprint density at radius 3 is 2.33 bits per heavy atom. The largest absolute Gasteiger partial charge is 0.401 e. The van der Waals surface area contributed by atoms with Crippen molar-refractivity contribution in [3.63, 3.8) is 0 Å². The molecule has 2 unspecified atom stereocenters. The lowest BCUT2D eigenvalue weighted by Gasteiger charge is -2.30. The van der Waals surface area contributed by atoms with Gasteiger partial charge in [-0.05, 0) is 37.5 Å². The quantitative estimate of drug-likeness (QED) is 0.772. The Morgan fingerprint density at radius 1 is 1.00 bits per heavy atom. The molecule has 2 rings (SSSR count). The predicted molar refractivity (Wildman–Crippen MR) is 52.5 cm³/mol. The molecule has 2 atom stereocenters. The second-order valence-corrected chi connectivity index (χ2v) is 4.96. The van der Waals surface area contributed by atoms with E-state index in [4.69, 9.17) is 0 Å². The van der Waals surface area contributed by atoms with Gasteiger partial charge in [-0.2, -0.15) is 13.2 Å². The zero-order valence-electron chi connectivity index (χ0n) is 8.82. The van der Waals surface area contributed by atoms with Crippen molar-refractivity contribution >= 4 is 0 Å². The van der Waals surface area contributed by atoms with Gasteiger partial charge in [0, 0.05) is 6.04 Å². The second-order valence-electron chi connectivity index (χ2n) is 4.96. The molecule has 1 nitrogen and oxygen atoms in total. The number of halogens is 3. The minimum atomic E-state index is -4.06. The lowest BCUT2D eigenvalue weighted by atomic mass is 9.83. The van der Waals surface area contributed by atoms with Gasteiger partial charge in [-0.25, -0.2) is 0 Å². The van der Waals surface area contributed by atoms with Gasteiger partial charge in [-0.15, -0.1) is 0 Å². The van der Waals surface area contributed by atoms with Crippen LogP contribution in [0.1, 0.15) is 38.5 Å². The first-order valence-electron chi connectivity index (χ1n) is 5.85. The smallest absolute Gasteiger partial charge is 0.306 e. The summed E-state index contributed by atoms with van der Waals surface area (Å²) in [6.45, 7) is -0.824. The van der Waals surface area contributed by atoms with Gasteiger partial charge in [-0.1, -0.05) is 12.8 Å². The van der Waals surface area contributed by atoms with Gasteiger partial charge in [-0.3, -0.25) is 0 Å². The first-order valence-corrected chi connectivity index (χ1v) is 5.85. The summed E-state index contributed by atoms with van der Waals surface area (Å²) in [5.74, 6) is 1.53. The van der Waals surface area contributed by atoms with Crippen LogP contribution in [-0.2, 0) is 0 Å². The van der Waals surface area contributed by atoms with Crippen molar-refractivity contribution in [2.24, 2.45) is 11.8 Å². The number of hydrogen-bond acceptors (Lipinski definition) is 1. The molecule has 2 saturated carbocycles. The molecule has 2 fully saturated rings. The van der Waals surface area contributed by atoms with E-state index in [1.807, 2.05) is 0 Å². The van der Waals surface area contributed by atoms with E-state index in [1.54, 1.807) is 0 Å². The molecule has 0 saturated heterocycles. The Balaban J connectivity index is 1.72. The van der Waals surface area contributed by atoms with Gasteiger partial charge in [0.05, 0.1) is 6.54 Å². The summed E-state index contributed by atoms with van der Waals surface area (Å²) in [6.07, 6.45) is 2.74. The fraction of sp³-hybridized carbons (Fsp3) is 1.00. The summed E-state index contributed by atoms with van der Waals surface area (Å²) in [5.41, 5.74) is 0. The first kappa shape index (κ1) is 11.2. The zero-order valence-corrected chi connectivity index (χ0v) is 8.82. The average Bonchev–Trinajstić information content (AvgIpc) is 2.97. The minimum absolute atomic E-state index is 0.103. The summed E-state index contributed by atoms with van der Waals surface area (Å²) in [7, 11) is 0. The van der Waals surface area contributed by atoms with Crippen molar-refractivity contribution in [1.82, 2.24) is 5.32 Å². The topological polar surface area (TPSA) is 12.0 Å². The monoisotopic (exact) mass is 221 g/mol. The van der Waals surface area contributed by atoms with E-state index in [0.717, 1.165) is 25.2 Å². The van der Waals surface area contributed by atoms with E-state index >= 15 is 0 Å².